The van der Waals surface area contributed by atoms with Gasteiger partial charge in [0, 0.05) is 15.8 Å². The second-order valence-electron chi connectivity index (χ2n) is 5.53. The Bertz CT molecular complexity index is 400. The van der Waals surface area contributed by atoms with E-state index < -0.39 is 0 Å². The van der Waals surface area contributed by atoms with Crippen molar-refractivity contribution in [2.75, 3.05) is 11.9 Å². The van der Waals surface area contributed by atoms with Gasteiger partial charge in [-0.1, -0.05) is 61.1 Å². The Morgan fingerprint density at radius 1 is 1.15 bits per heavy atom. The summed E-state index contributed by atoms with van der Waals surface area (Å²) in [5.41, 5.74) is 1.40. The van der Waals surface area contributed by atoms with E-state index in [9.17, 15) is 0 Å². The molecule has 0 aromatic heterocycles. The summed E-state index contributed by atoms with van der Waals surface area (Å²) in [4.78, 5) is 0. The van der Waals surface area contributed by atoms with Gasteiger partial charge in [-0.2, -0.15) is 0 Å². The molecule has 1 aromatic rings. The Labute approximate surface area is 137 Å². The molecule has 0 unspecified atom stereocenters. The van der Waals surface area contributed by atoms with Gasteiger partial charge >= 0.3 is 0 Å². The first kappa shape index (κ1) is 17.8. The zero-order valence-corrected chi connectivity index (χ0v) is 15.2. The van der Waals surface area contributed by atoms with Crippen LogP contribution in [0.2, 0.25) is 5.02 Å². The molecule has 0 aliphatic carbocycles. The topological polar surface area (TPSA) is 9.23 Å². The van der Waals surface area contributed by atoms with E-state index in [1.165, 1.54) is 25.7 Å². The number of alkyl halides is 1. The third kappa shape index (κ3) is 4.96. The molecule has 1 aromatic carbocycles. The normalized spacial score (nSPS) is 11.7. The highest BCUT2D eigenvalue weighted by molar-refractivity contribution is 9.09. The van der Waals surface area contributed by atoms with E-state index in [1.807, 2.05) is 12.1 Å². The van der Waals surface area contributed by atoms with E-state index in [4.69, 9.17) is 16.3 Å². The zero-order chi connectivity index (χ0) is 15.0. The number of benzene rings is 1. The van der Waals surface area contributed by atoms with Crippen LogP contribution in [0.3, 0.4) is 0 Å². The number of halogens is 2. The number of ether oxygens (including phenoxy) is 1. The van der Waals surface area contributed by atoms with Crippen molar-refractivity contribution in [1.82, 2.24) is 0 Å². The molecule has 0 atom stereocenters. The molecule has 0 amide bonds. The van der Waals surface area contributed by atoms with Crippen LogP contribution in [0, 0.1) is 5.41 Å². The molecular weight excluding hydrogens is 336 g/mol. The maximum Gasteiger partial charge on any atom is 0.119 e. The fourth-order valence-electron chi connectivity index (χ4n) is 2.65. The van der Waals surface area contributed by atoms with Crippen LogP contribution in [0.25, 0.3) is 0 Å². The third-order valence-electron chi connectivity index (χ3n) is 3.79. The summed E-state index contributed by atoms with van der Waals surface area (Å²) in [6.45, 7) is 7.36. The molecule has 0 spiro atoms. The first-order valence-electron chi connectivity index (χ1n) is 7.58. The van der Waals surface area contributed by atoms with Gasteiger partial charge < -0.3 is 4.74 Å². The van der Waals surface area contributed by atoms with Gasteiger partial charge in [0.15, 0.2) is 0 Å². The Morgan fingerprint density at radius 2 is 1.80 bits per heavy atom. The van der Waals surface area contributed by atoms with E-state index in [-0.39, 0.29) is 5.41 Å². The minimum Gasteiger partial charge on any atom is -0.493 e. The minimum absolute atomic E-state index is 0.246. The van der Waals surface area contributed by atoms with E-state index in [0.29, 0.717) is 0 Å². The lowest BCUT2D eigenvalue weighted by molar-refractivity contribution is 0.144. The van der Waals surface area contributed by atoms with Crippen LogP contribution in [-0.4, -0.2) is 11.9 Å². The van der Waals surface area contributed by atoms with Crippen molar-refractivity contribution in [3.63, 3.8) is 0 Å². The van der Waals surface area contributed by atoms with Gasteiger partial charge in [0.1, 0.15) is 5.75 Å². The van der Waals surface area contributed by atoms with Gasteiger partial charge in [-0.3, -0.25) is 0 Å². The molecule has 114 valence electrons. The van der Waals surface area contributed by atoms with Crippen molar-refractivity contribution < 1.29 is 4.74 Å². The zero-order valence-electron chi connectivity index (χ0n) is 12.8. The largest absolute Gasteiger partial charge is 0.493 e. The van der Waals surface area contributed by atoms with Crippen molar-refractivity contribution in [1.29, 1.82) is 0 Å². The van der Waals surface area contributed by atoms with Crippen LogP contribution in [-0.2, 0) is 6.42 Å². The maximum absolute atomic E-state index is 6.15. The van der Waals surface area contributed by atoms with Gasteiger partial charge in [0.05, 0.1) is 6.61 Å². The molecule has 0 saturated heterocycles. The highest BCUT2D eigenvalue weighted by Gasteiger charge is 2.28. The van der Waals surface area contributed by atoms with E-state index in [0.717, 1.165) is 34.7 Å². The Morgan fingerprint density at radius 3 is 2.30 bits per heavy atom. The number of rotatable bonds is 9. The Kier molecular flexibility index (Phi) is 7.98. The standard InChI is InChI=1S/C17H26BrClO/c1-4-9-17(12-18,10-5-2)13-20-15-7-8-16(19)14(6-3)11-15/h7-8,11H,4-6,9-10,12-13H2,1-3H3. The summed E-state index contributed by atoms with van der Waals surface area (Å²) >= 11 is 9.84. The molecule has 0 radical (unpaired) electrons. The highest BCUT2D eigenvalue weighted by atomic mass is 79.9. The summed E-state index contributed by atoms with van der Waals surface area (Å²) < 4.78 is 6.08. The van der Waals surface area contributed by atoms with Crippen molar-refractivity contribution in [3.8, 4) is 5.75 Å². The van der Waals surface area contributed by atoms with Gasteiger partial charge in [-0.25, -0.2) is 0 Å². The second-order valence-corrected chi connectivity index (χ2v) is 6.50. The van der Waals surface area contributed by atoms with Crippen LogP contribution >= 0.6 is 27.5 Å². The summed E-state index contributed by atoms with van der Waals surface area (Å²) in [6, 6.07) is 5.97. The summed E-state index contributed by atoms with van der Waals surface area (Å²) in [7, 11) is 0. The molecule has 0 aliphatic rings. The molecule has 0 bridgehead atoms. The number of hydrogen-bond donors (Lipinski definition) is 0. The van der Waals surface area contributed by atoms with Gasteiger partial charge in [0.25, 0.3) is 0 Å². The highest BCUT2D eigenvalue weighted by Crippen LogP contribution is 2.33. The third-order valence-corrected chi connectivity index (χ3v) is 5.35. The first-order valence-corrected chi connectivity index (χ1v) is 9.08. The Hall–Kier alpha value is -0.210. The fraction of sp³-hybridized carbons (Fsp3) is 0.647. The van der Waals surface area contributed by atoms with Crippen LogP contribution in [0.5, 0.6) is 5.75 Å². The summed E-state index contributed by atoms with van der Waals surface area (Å²) in [5, 5.41) is 1.82. The Balaban J connectivity index is 2.76. The monoisotopic (exact) mass is 360 g/mol. The average molecular weight is 362 g/mol. The van der Waals surface area contributed by atoms with Gasteiger partial charge in [-0.15, -0.1) is 0 Å². The summed E-state index contributed by atoms with van der Waals surface area (Å²) in [6.07, 6.45) is 5.70. The lowest BCUT2D eigenvalue weighted by Crippen LogP contribution is -2.30. The van der Waals surface area contributed by atoms with Crippen molar-refractivity contribution >= 4 is 27.5 Å². The predicted molar refractivity (Wildman–Crippen MR) is 92.4 cm³/mol. The SMILES string of the molecule is CCCC(CBr)(CCC)COc1ccc(Cl)c(CC)c1. The molecular formula is C17H26BrClO. The first-order chi connectivity index (χ1) is 9.60. The molecule has 1 rings (SSSR count). The minimum atomic E-state index is 0.246. The van der Waals surface area contributed by atoms with E-state index in [2.05, 4.69) is 42.8 Å². The molecule has 0 heterocycles. The molecule has 20 heavy (non-hydrogen) atoms. The van der Waals surface area contributed by atoms with Crippen LogP contribution < -0.4 is 4.74 Å². The van der Waals surface area contributed by atoms with Gasteiger partial charge in [0.2, 0.25) is 0 Å². The lowest BCUT2D eigenvalue weighted by Gasteiger charge is -2.31. The van der Waals surface area contributed by atoms with E-state index >= 15 is 0 Å². The molecule has 0 fully saturated rings. The molecule has 0 aliphatic heterocycles. The molecule has 0 N–H and O–H groups in total. The van der Waals surface area contributed by atoms with Crippen LogP contribution in [0.1, 0.15) is 52.0 Å². The van der Waals surface area contributed by atoms with Crippen molar-refractivity contribution in [3.05, 3.63) is 28.8 Å². The molecule has 1 nitrogen and oxygen atoms in total. The fourth-order valence-corrected chi connectivity index (χ4v) is 3.62. The van der Waals surface area contributed by atoms with Crippen LogP contribution in [0.15, 0.2) is 18.2 Å². The van der Waals surface area contributed by atoms with Gasteiger partial charge in [-0.05, 0) is 43.0 Å². The lowest BCUT2D eigenvalue weighted by atomic mass is 9.82. The molecule has 0 saturated carbocycles. The number of aryl methyl sites for hydroxylation is 1. The average Bonchev–Trinajstić information content (AvgIpc) is 2.46. The van der Waals surface area contributed by atoms with Crippen molar-refractivity contribution in [2.45, 2.75) is 52.9 Å². The number of hydrogen-bond acceptors (Lipinski definition) is 1. The second kappa shape index (κ2) is 8.94. The quantitative estimate of drug-likeness (QED) is 0.471. The summed E-state index contributed by atoms with van der Waals surface area (Å²) in [5.74, 6) is 0.934. The molecule has 3 heteroatoms. The van der Waals surface area contributed by atoms with E-state index in [1.54, 1.807) is 0 Å². The van der Waals surface area contributed by atoms with Crippen molar-refractivity contribution in [2.24, 2.45) is 5.41 Å². The smallest absolute Gasteiger partial charge is 0.119 e. The van der Waals surface area contributed by atoms with Crippen LogP contribution in [0.4, 0.5) is 0 Å². The predicted octanol–water partition coefficient (Wildman–Crippen LogP) is 6.26. The maximum atomic E-state index is 6.15.